The number of carbonyl (C=O) groups excluding carboxylic acids is 3. The zero-order chi connectivity index (χ0) is 19.6. The van der Waals surface area contributed by atoms with Crippen molar-refractivity contribution < 1.29 is 14.4 Å². The first-order chi connectivity index (χ1) is 12.9. The summed E-state index contributed by atoms with van der Waals surface area (Å²) in [5.74, 6) is 0.733. The summed E-state index contributed by atoms with van der Waals surface area (Å²) in [5, 5.41) is 5.74. The molecule has 7 heteroatoms. The topological polar surface area (TPSA) is 93.1 Å². The number of aromatic nitrogens is 2. The fraction of sp³-hybridized carbons (Fsp3) is 0.400. The van der Waals surface area contributed by atoms with Gasteiger partial charge in [0.05, 0.1) is 12.2 Å². The van der Waals surface area contributed by atoms with Crippen molar-refractivity contribution in [3.8, 4) is 11.4 Å². The molecule has 0 saturated heterocycles. The van der Waals surface area contributed by atoms with Crippen LogP contribution in [0.1, 0.15) is 54.1 Å². The fourth-order valence-corrected chi connectivity index (χ4v) is 3.13. The van der Waals surface area contributed by atoms with Crippen molar-refractivity contribution in [1.29, 1.82) is 0 Å². The summed E-state index contributed by atoms with van der Waals surface area (Å²) in [4.78, 5) is 40.4. The number of amides is 2. The van der Waals surface area contributed by atoms with Crippen molar-refractivity contribution in [2.75, 3.05) is 13.1 Å². The van der Waals surface area contributed by atoms with Gasteiger partial charge in [-0.2, -0.15) is 0 Å². The monoisotopic (exact) mass is 368 g/mol. The van der Waals surface area contributed by atoms with E-state index in [0.717, 1.165) is 5.56 Å². The molecule has 2 amide bonds. The van der Waals surface area contributed by atoms with E-state index in [9.17, 15) is 14.4 Å². The van der Waals surface area contributed by atoms with Crippen LogP contribution in [-0.2, 0) is 4.79 Å². The number of hydrogen-bond donors (Lipinski definition) is 2. The molecular formula is C20H24N4O3. The molecule has 1 aromatic heterocycles. The van der Waals surface area contributed by atoms with Gasteiger partial charge in [0.2, 0.25) is 5.91 Å². The van der Waals surface area contributed by atoms with Crippen molar-refractivity contribution in [1.82, 2.24) is 20.2 Å². The lowest BCUT2D eigenvalue weighted by atomic mass is 10.1. The second-order valence-corrected chi connectivity index (χ2v) is 7.24. The minimum Gasteiger partial charge on any atom is -0.356 e. The number of nitrogens with zero attached hydrogens (tertiary/aromatic N) is 2. The number of nitrogens with one attached hydrogen (secondary N) is 2. The van der Waals surface area contributed by atoms with E-state index < -0.39 is 0 Å². The van der Waals surface area contributed by atoms with Crippen LogP contribution < -0.4 is 10.6 Å². The number of benzene rings is 1. The molecule has 0 fully saturated rings. The van der Waals surface area contributed by atoms with Crippen molar-refractivity contribution >= 4 is 17.6 Å². The van der Waals surface area contributed by atoms with E-state index >= 15 is 0 Å². The van der Waals surface area contributed by atoms with Crippen LogP contribution in [0.4, 0.5) is 0 Å². The second kappa shape index (κ2) is 7.73. The molecule has 1 atom stereocenters. The van der Waals surface area contributed by atoms with Gasteiger partial charge in [-0.1, -0.05) is 38.1 Å². The van der Waals surface area contributed by atoms with E-state index in [2.05, 4.69) is 15.6 Å². The van der Waals surface area contributed by atoms with Gasteiger partial charge in [0.25, 0.3) is 5.91 Å². The Balaban J connectivity index is 1.89. The van der Waals surface area contributed by atoms with Gasteiger partial charge in [-0.15, -0.1) is 0 Å². The highest BCUT2D eigenvalue weighted by Gasteiger charge is 2.30. The molecule has 0 aliphatic carbocycles. The molecule has 2 heterocycles. The number of carbonyl (C=O) groups is 3. The summed E-state index contributed by atoms with van der Waals surface area (Å²) in [6, 6.07) is 6.90. The summed E-state index contributed by atoms with van der Waals surface area (Å²) >= 11 is 0. The Labute approximate surface area is 158 Å². The maximum Gasteiger partial charge on any atom is 0.269 e. The third kappa shape index (κ3) is 4.07. The SMILES string of the molecule is CC(=O)c1ccc(-c2ncc3n2C(CC(=O)NCC(C)C)CNC3=O)cc1. The first-order valence-corrected chi connectivity index (χ1v) is 9.10. The smallest absolute Gasteiger partial charge is 0.269 e. The zero-order valence-corrected chi connectivity index (χ0v) is 15.8. The predicted octanol–water partition coefficient (Wildman–Crippen LogP) is 2.20. The first kappa shape index (κ1) is 18.8. The molecule has 142 valence electrons. The molecule has 0 spiro atoms. The van der Waals surface area contributed by atoms with Gasteiger partial charge in [0.1, 0.15) is 11.5 Å². The number of imidazole rings is 1. The largest absolute Gasteiger partial charge is 0.356 e. The molecule has 0 radical (unpaired) electrons. The van der Waals surface area contributed by atoms with Gasteiger partial charge in [-0.05, 0) is 12.8 Å². The molecule has 27 heavy (non-hydrogen) atoms. The van der Waals surface area contributed by atoms with Crippen LogP contribution in [0.3, 0.4) is 0 Å². The van der Waals surface area contributed by atoms with Crippen molar-refractivity contribution in [3.05, 3.63) is 41.7 Å². The first-order valence-electron chi connectivity index (χ1n) is 9.10. The summed E-state index contributed by atoms with van der Waals surface area (Å²) in [5.41, 5.74) is 1.86. The van der Waals surface area contributed by atoms with Crippen LogP contribution in [0.5, 0.6) is 0 Å². The van der Waals surface area contributed by atoms with Crippen LogP contribution in [0.2, 0.25) is 0 Å². The highest BCUT2D eigenvalue weighted by molar-refractivity contribution is 5.95. The van der Waals surface area contributed by atoms with Gasteiger partial charge in [-0.3, -0.25) is 14.4 Å². The van der Waals surface area contributed by atoms with Gasteiger partial charge >= 0.3 is 0 Å². The molecule has 1 aliphatic rings. The third-order valence-corrected chi connectivity index (χ3v) is 4.57. The Morgan fingerprint density at radius 1 is 1.30 bits per heavy atom. The molecule has 3 rings (SSSR count). The Hall–Kier alpha value is -2.96. The van der Waals surface area contributed by atoms with Gasteiger partial charge in [0.15, 0.2) is 5.78 Å². The normalized spacial score (nSPS) is 16.0. The third-order valence-electron chi connectivity index (χ3n) is 4.57. The summed E-state index contributed by atoms with van der Waals surface area (Å²) < 4.78 is 1.83. The standard InChI is InChI=1S/C20H24N4O3/c1-12(2)9-21-18(26)8-16-10-23-20(27)17-11-22-19(24(16)17)15-6-4-14(5-7-15)13(3)25/h4-7,11-12,16H,8-10H2,1-3H3,(H,21,26)(H,23,27). The Bertz CT molecular complexity index is 868. The molecular weight excluding hydrogens is 344 g/mol. The van der Waals surface area contributed by atoms with Crippen molar-refractivity contribution in [3.63, 3.8) is 0 Å². The van der Waals surface area contributed by atoms with E-state index in [4.69, 9.17) is 0 Å². The molecule has 0 bridgehead atoms. The molecule has 2 aromatic rings. The van der Waals surface area contributed by atoms with E-state index in [1.807, 2.05) is 30.5 Å². The zero-order valence-electron chi connectivity index (χ0n) is 15.8. The molecule has 1 unspecified atom stereocenters. The molecule has 7 nitrogen and oxygen atoms in total. The van der Waals surface area contributed by atoms with E-state index in [-0.39, 0.29) is 30.1 Å². The van der Waals surface area contributed by atoms with E-state index in [0.29, 0.717) is 36.1 Å². The Morgan fingerprint density at radius 2 is 2.00 bits per heavy atom. The highest BCUT2D eigenvalue weighted by Crippen LogP contribution is 2.28. The molecule has 1 aliphatic heterocycles. The highest BCUT2D eigenvalue weighted by atomic mass is 16.2. The summed E-state index contributed by atoms with van der Waals surface area (Å²) in [6.07, 6.45) is 1.79. The van der Waals surface area contributed by atoms with E-state index in [1.54, 1.807) is 12.1 Å². The quantitative estimate of drug-likeness (QED) is 0.765. The van der Waals surface area contributed by atoms with Crippen LogP contribution in [0.15, 0.2) is 30.5 Å². The van der Waals surface area contributed by atoms with Crippen LogP contribution in [-0.4, -0.2) is 40.2 Å². The Kier molecular flexibility index (Phi) is 5.39. The minimum absolute atomic E-state index is 0.00854. The van der Waals surface area contributed by atoms with Gasteiger partial charge in [0, 0.05) is 30.6 Å². The number of hydrogen-bond acceptors (Lipinski definition) is 4. The number of Topliss-reactive ketones (excluding diaryl/α,β-unsaturated/α-hetero) is 1. The Morgan fingerprint density at radius 3 is 2.63 bits per heavy atom. The number of fused-ring (bicyclic) bond motifs is 1. The van der Waals surface area contributed by atoms with Gasteiger partial charge in [-0.25, -0.2) is 4.98 Å². The summed E-state index contributed by atoms with van der Waals surface area (Å²) in [7, 11) is 0. The van der Waals surface area contributed by atoms with Crippen molar-refractivity contribution in [2.24, 2.45) is 5.92 Å². The maximum atomic E-state index is 12.3. The van der Waals surface area contributed by atoms with Crippen LogP contribution >= 0.6 is 0 Å². The van der Waals surface area contributed by atoms with E-state index in [1.165, 1.54) is 13.1 Å². The lowest BCUT2D eigenvalue weighted by molar-refractivity contribution is -0.122. The van der Waals surface area contributed by atoms with Crippen molar-refractivity contribution in [2.45, 2.75) is 33.2 Å². The predicted molar refractivity (Wildman–Crippen MR) is 102 cm³/mol. The lowest BCUT2D eigenvalue weighted by Gasteiger charge is -2.27. The fourth-order valence-electron chi connectivity index (χ4n) is 3.13. The maximum absolute atomic E-state index is 12.3. The summed E-state index contributed by atoms with van der Waals surface area (Å²) in [6.45, 7) is 6.59. The molecule has 0 saturated carbocycles. The van der Waals surface area contributed by atoms with Crippen LogP contribution in [0, 0.1) is 5.92 Å². The van der Waals surface area contributed by atoms with Gasteiger partial charge < -0.3 is 15.2 Å². The molecule has 1 aromatic carbocycles. The molecule has 2 N–H and O–H groups in total. The minimum atomic E-state index is -0.213. The average Bonchev–Trinajstić information content (AvgIpc) is 3.08. The number of rotatable bonds is 6. The lowest BCUT2D eigenvalue weighted by Crippen LogP contribution is -2.41. The number of ketones is 1. The second-order valence-electron chi connectivity index (χ2n) is 7.24. The average molecular weight is 368 g/mol. The van der Waals surface area contributed by atoms with Crippen LogP contribution in [0.25, 0.3) is 11.4 Å².